The van der Waals surface area contributed by atoms with Crippen molar-refractivity contribution in [3.05, 3.63) is 42.5 Å². The van der Waals surface area contributed by atoms with E-state index in [1.807, 2.05) is 0 Å². The molecule has 0 amide bonds. The van der Waals surface area contributed by atoms with Crippen LogP contribution in [0, 0.1) is 0 Å². The number of anilines is 1. The molecule has 1 fully saturated rings. The zero-order chi connectivity index (χ0) is 27.9. The molecular formula is C31H48N4O2SSi. The SMILES string of the molecule is CCN(CCCCOc1ccc2c(-c3ccc(N4CCNCC4)cc3)nsc2c1)CCO[Si](C)(C)C(C)(C)C. The van der Waals surface area contributed by atoms with Crippen molar-refractivity contribution < 1.29 is 9.16 Å². The molecule has 3 aromatic rings. The summed E-state index contributed by atoms with van der Waals surface area (Å²) in [4.78, 5) is 4.93. The van der Waals surface area contributed by atoms with Gasteiger partial charge in [-0.05, 0) is 85.9 Å². The third kappa shape index (κ3) is 8.04. The lowest BCUT2D eigenvalue weighted by Gasteiger charge is -2.36. The summed E-state index contributed by atoms with van der Waals surface area (Å²) in [5.41, 5.74) is 3.52. The van der Waals surface area contributed by atoms with Crippen molar-refractivity contribution in [2.24, 2.45) is 0 Å². The number of benzene rings is 2. The van der Waals surface area contributed by atoms with Crippen molar-refractivity contribution in [2.45, 2.75) is 58.7 Å². The van der Waals surface area contributed by atoms with Crippen molar-refractivity contribution in [1.82, 2.24) is 14.6 Å². The fraction of sp³-hybridized carbons (Fsp3) is 0.581. The number of rotatable bonds is 13. The molecule has 0 radical (unpaired) electrons. The van der Waals surface area contributed by atoms with E-state index in [0.717, 1.165) is 83.3 Å². The number of unbranched alkanes of at least 4 members (excludes halogenated alkanes) is 1. The Balaban J connectivity index is 1.22. The van der Waals surface area contributed by atoms with E-state index in [1.165, 1.54) is 21.3 Å². The Morgan fingerprint density at radius 3 is 2.44 bits per heavy atom. The highest BCUT2D eigenvalue weighted by atomic mass is 32.1. The number of ether oxygens (including phenoxy) is 1. The second-order valence-corrected chi connectivity index (χ2v) is 17.7. The molecule has 1 aliphatic heterocycles. The van der Waals surface area contributed by atoms with Crippen LogP contribution in [0.25, 0.3) is 21.3 Å². The lowest BCUT2D eigenvalue weighted by molar-refractivity contribution is 0.197. The Labute approximate surface area is 241 Å². The third-order valence-electron chi connectivity index (χ3n) is 8.33. The van der Waals surface area contributed by atoms with E-state index in [4.69, 9.17) is 13.5 Å². The van der Waals surface area contributed by atoms with Crippen LogP contribution in [0.3, 0.4) is 0 Å². The van der Waals surface area contributed by atoms with Crippen molar-refractivity contribution in [3.8, 4) is 17.0 Å². The van der Waals surface area contributed by atoms with E-state index in [0.29, 0.717) is 0 Å². The van der Waals surface area contributed by atoms with Gasteiger partial charge in [-0.1, -0.05) is 39.8 Å². The molecule has 0 saturated carbocycles. The van der Waals surface area contributed by atoms with E-state index < -0.39 is 8.32 Å². The summed E-state index contributed by atoms with van der Waals surface area (Å²) in [6.45, 7) is 22.7. The highest BCUT2D eigenvalue weighted by molar-refractivity contribution is 7.13. The number of aromatic nitrogens is 1. The molecule has 0 atom stereocenters. The van der Waals surface area contributed by atoms with E-state index >= 15 is 0 Å². The maximum atomic E-state index is 6.37. The predicted octanol–water partition coefficient (Wildman–Crippen LogP) is 6.88. The molecule has 1 N–H and O–H groups in total. The normalized spacial score (nSPS) is 14.9. The van der Waals surface area contributed by atoms with E-state index in [2.05, 4.69) is 98.4 Å². The molecular weight excluding hydrogens is 521 g/mol. The first-order valence-corrected chi connectivity index (χ1v) is 18.3. The van der Waals surface area contributed by atoms with Gasteiger partial charge in [0, 0.05) is 56.0 Å². The second kappa shape index (κ2) is 13.6. The average molecular weight is 569 g/mol. The van der Waals surface area contributed by atoms with Crippen molar-refractivity contribution in [2.75, 3.05) is 63.9 Å². The van der Waals surface area contributed by atoms with Gasteiger partial charge in [-0.15, -0.1) is 0 Å². The summed E-state index contributed by atoms with van der Waals surface area (Å²) in [7, 11) is -1.67. The molecule has 0 spiro atoms. The van der Waals surface area contributed by atoms with Crippen LogP contribution < -0.4 is 15.0 Å². The van der Waals surface area contributed by atoms with Crippen molar-refractivity contribution in [1.29, 1.82) is 0 Å². The summed E-state index contributed by atoms with van der Waals surface area (Å²) in [6.07, 6.45) is 2.18. The second-order valence-electron chi connectivity index (χ2n) is 12.1. The molecule has 214 valence electrons. The Bertz CT molecular complexity index is 1170. The number of nitrogens with zero attached hydrogens (tertiary/aromatic N) is 3. The highest BCUT2D eigenvalue weighted by Gasteiger charge is 2.36. The van der Waals surface area contributed by atoms with Crippen molar-refractivity contribution in [3.63, 3.8) is 0 Å². The maximum absolute atomic E-state index is 6.37. The first-order chi connectivity index (χ1) is 18.7. The Kier molecular flexibility index (Phi) is 10.5. The zero-order valence-corrected chi connectivity index (χ0v) is 26.7. The average Bonchev–Trinajstić information content (AvgIpc) is 3.35. The highest BCUT2D eigenvalue weighted by Crippen LogP contribution is 2.36. The summed E-state index contributed by atoms with van der Waals surface area (Å²) in [5.74, 6) is 0.932. The molecule has 0 bridgehead atoms. The van der Waals surface area contributed by atoms with Crippen LogP contribution in [0.5, 0.6) is 5.75 Å². The molecule has 39 heavy (non-hydrogen) atoms. The largest absolute Gasteiger partial charge is 0.494 e. The van der Waals surface area contributed by atoms with E-state index in [-0.39, 0.29) is 5.04 Å². The minimum absolute atomic E-state index is 0.266. The topological polar surface area (TPSA) is 49.9 Å². The van der Waals surface area contributed by atoms with Crippen LogP contribution in [-0.4, -0.2) is 76.6 Å². The Hall–Kier alpha value is -1.97. The number of hydrogen-bond donors (Lipinski definition) is 1. The lowest BCUT2D eigenvalue weighted by Crippen LogP contribution is -2.43. The number of hydrogen-bond acceptors (Lipinski definition) is 7. The molecule has 0 aliphatic carbocycles. The van der Waals surface area contributed by atoms with Gasteiger partial charge in [0.25, 0.3) is 0 Å². The number of fused-ring (bicyclic) bond motifs is 1. The van der Waals surface area contributed by atoms with Gasteiger partial charge < -0.3 is 24.3 Å². The smallest absolute Gasteiger partial charge is 0.192 e. The standard InChI is InChI=1S/C31H48N4O2SSi/c1-7-34(21-23-37-39(5,6)31(2,3)4)18-8-9-22-36-27-14-15-28-29(24-27)38-33-30(28)25-10-12-26(13-11-25)35-19-16-32-17-20-35/h10-15,24,32H,7-9,16-23H2,1-6H3. The molecule has 6 nitrogen and oxygen atoms in total. The summed E-state index contributed by atoms with van der Waals surface area (Å²) >= 11 is 1.55. The molecule has 0 unspecified atom stereocenters. The molecule has 4 rings (SSSR count). The van der Waals surface area contributed by atoms with Crippen LogP contribution >= 0.6 is 11.5 Å². The fourth-order valence-electron chi connectivity index (χ4n) is 4.67. The first kappa shape index (κ1) is 30.0. The van der Waals surface area contributed by atoms with Crippen LogP contribution in [0.4, 0.5) is 5.69 Å². The lowest BCUT2D eigenvalue weighted by atomic mass is 10.1. The molecule has 1 aromatic heterocycles. The van der Waals surface area contributed by atoms with Crippen LogP contribution in [0.15, 0.2) is 42.5 Å². The van der Waals surface area contributed by atoms with E-state index in [9.17, 15) is 0 Å². The van der Waals surface area contributed by atoms with Crippen LogP contribution in [0.1, 0.15) is 40.5 Å². The van der Waals surface area contributed by atoms with Crippen molar-refractivity contribution >= 4 is 35.6 Å². The zero-order valence-electron chi connectivity index (χ0n) is 24.9. The predicted molar refractivity (Wildman–Crippen MR) is 170 cm³/mol. The van der Waals surface area contributed by atoms with Gasteiger partial charge in [-0.25, -0.2) is 0 Å². The first-order valence-electron chi connectivity index (χ1n) is 14.6. The van der Waals surface area contributed by atoms with Gasteiger partial charge >= 0.3 is 0 Å². The number of likely N-dealkylation sites (N-methyl/N-ethyl adjacent to an activating group) is 1. The Morgan fingerprint density at radius 1 is 1.00 bits per heavy atom. The van der Waals surface area contributed by atoms with Gasteiger partial charge in [0.2, 0.25) is 0 Å². The summed E-state index contributed by atoms with van der Waals surface area (Å²) in [5, 5.41) is 4.88. The summed E-state index contributed by atoms with van der Waals surface area (Å²) < 4.78 is 18.5. The van der Waals surface area contributed by atoms with Gasteiger partial charge in [0.1, 0.15) is 5.75 Å². The molecule has 1 aliphatic rings. The molecule has 8 heteroatoms. The fourth-order valence-corrected chi connectivity index (χ4v) is 6.53. The van der Waals surface area contributed by atoms with E-state index in [1.54, 1.807) is 11.5 Å². The Morgan fingerprint density at radius 2 is 1.74 bits per heavy atom. The number of piperazine rings is 1. The van der Waals surface area contributed by atoms with Gasteiger partial charge in [-0.2, -0.15) is 4.37 Å². The van der Waals surface area contributed by atoms with Gasteiger partial charge in [0.15, 0.2) is 8.32 Å². The summed E-state index contributed by atoms with van der Waals surface area (Å²) in [6, 6.07) is 15.3. The minimum Gasteiger partial charge on any atom is -0.494 e. The van der Waals surface area contributed by atoms with Crippen LogP contribution in [-0.2, 0) is 4.43 Å². The number of nitrogens with one attached hydrogen (secondary N) is 1. The third-order valence-corrected chi connectivity index (χ3v) is 13.7. The monoisotopic (exact) mass is 568 g/mol. The molecule has 2 aromatic carbocycles. The maximum Gasteiger partial charge on any atom is 0.192 e. The van der Waals surface area contributed by atoms with Gasteiger partial charge in [0.05, 0.1) is 17.0 Å². The van der Waals surface area contributed by atoms with Gasteiger partial charge in [-0.3, -0.25) is 0 Å². The minimum atomic E-state index is -1.67. The van der Waals surface area contributed by atoms with Crippen LogP contribution in [0.2, 0.25) is 18.1 Å². The molecule has 2 heterocycles. The molecule has 1 saturated heterocycles. The quantitative estimate of drug-likeness (QED) is 0.179.